The van der Waals surface area contributed by atoms with E-state index in [4.69, 9.17) is 9.15 Å². The highest BCUT2D eigenvalue weighted by atomic mass is 16.5. The number of fused-ring (bicyclic) bond motifs is 1. The van der Waals surface area contributed by atoms with E-state index in [0.29, 0.717) is 6.61 Å². The summed E-state index contributed by atoms with van der Waals surface area (Å²) in [7, 11) is 0. The highest BCUT2D eigenvalue weighted by molar-refractivity contribution is 5.77. The number of hydrogen-bond acceptors (Lipinski definition) is 2. The second-order valence-electron chi connectivity index (χ2n) is 4.58. The number of unbranched alkanes of at least 4 members (excludes halogenated alkanes) is 2. The van der Waals surface area contributed by atoms with Crippen molar-refractivity contribution in [3.63, 3.8) is 0 Å². The third kappa shape index (κ3) is 3.39. The van der Waals surface area contributed by atoms with Gasteiger partial charge in [0.15, 0.2) is 0 Å². The van der Waals surface area contributed by atoms with Crippen molar-refractivity contribution >= 4 is 11.0 Å². The summed E-state index contributed by atoms with van der Waals surface area (Å²) in [4.78, 5) is 0. The number of ether oxygens (including phenoxy) is 1. The average molecular weight is 244 g/mol. The molecule has 0 amide bonds. The van der Waals surface area contributed by atoms with E-state index in [2.05, 4.69) is 19.6 Å². The van der Waals surface area contributed by atoms with E-state index >= 15 is 0 Å². The maximum absolute atomic E-state index is 5.68. The van der Waals surface area contributed by atoms with E-state index in [0.717, 1.165) is 35.1 Å². The first kappa shape index (κ1) is 12.7. The van der Waals surface area contributed by atoms with Crippen LogP contribution in [0.1, 0.15) is 38.2 Å². The molecule has 0 saturated heterocycles. The maximum atomic E-state index is 5.68. The van der Waals surface area contributed by atoms with Crippen LogP contribution in [-0.2, 0) is 11.3 Å². The van der Waals surface area contributed by atoms with Gasteiger partial charge in [-0.2, -0.15) is 0 Å². The molecule has 0 aliphatic heterocycles. The van der Waals surface area contributed by atoms with Crippen molar-refractivity contribution in [3.8, 4) is 0 Å². The molecular formula is C16H20O2. The highest BCUT2D eigenvalue weighted by Gasteiger charge is 2.01. The molecule has 0 fully saturated rings. The third-order valence-corrected chi connectivity index (χ3v) is 3.02. The van der Waals surface area contributed by atoms with E-state index in [9.17, 15) is 0 Å². The maximum Gasteiger partial charge on any atom is 0.133 e. The lowest BCUT2D eigenvalue weighted by atomic mass is 10.1. The molecule has 0 saturated carbocycles. The van der Waals surface area contributed by atoms with Gasteiger partial charge in [-0.15, -0.1) is 0 Å². The third-order valence-electron chi connectivity index (χ3n) is 3.02. The zero-order valence-corrected chi connectivity index (χ0v) is 10.9. The number of furan rings is 1. The van der Waals surface area contributed by atoms with Crippen molar-refractivity contribution in [2.24, 2.45) is 0 Å². The molecular weight excluding hydrogens is 224 g/mol. The summed E-state index contributed by atoms with van der Waals surface area (Å²) in [6.45, 7) is 6.74. The lowest BCUT2D eigenvalue weighted by molar-refractivity contribution is 0.189. The second-order valence-corrected chi connectivity index (χ2v) is 4.58. The van der Waals surface area contributed by atoms with E-state index in [1.807, 2.05) is 18.2 Å². The molecule has 0 spiro atoms. The fraction of sp³-hybridized carbons (Fsp3) is 0.375. The minimum Gasteiger partial charge on any atom is -0.494 e. The number of allylic oxidation sites excluding steroid dienone is 1. The Bertz CT molecular complexity index is 511. The largest absolute Gasteiger partial charge is 0.494 e. The van der Waals surface area contributed by atoms with Gasteiger partial charge in [-0.25, -0.2) is 0 Å². The van der Waals surface area contributed by atoms with Crippen LogP contribution in [0.15, 0.2) is 47.3 Å². The summed E-state index contributed by atoms with van der Waals surface area (Å²) in [6.07, 6.45) is 6.30. The lowest BCUT2D eigenvalue weighted by Gasteiger charge is -2.09. The van der Waals surface area contributed by atoms with Crippen molar-refractivity contribution in [3.05, 3.63) is 48.4 Å². The molecule has 1 aromatic carbocycles. The average Bonchev–Trinajstić information content (AvgIpc) is 2.84. The molecule has 0 aliphatic carbocycles. The molecule has 18 heavy (non-hydrogen) atoms. The zero-order chi connectivity index (χ0) is 12.8. The number of rotatable bonds is 7. The van der Waals surface area contributed by atoms with Gasteiger partial charge >= 0.3 is 0 Å². The summed E-state index contributed by atoms with van der Waals surface area (Å²) in [5.74, 6) is 0.885. The number of hydrogen-bond donors (Lipinski definition) is 0. The Morgan fingerprint density at radius 2 is 2.17 bits per heavy atom. The van der Waals surface area contributed by atoms with Gasteiger partial charge in [-0.05, 0) is 30.2 Å². The molecule has 0 N–H and O–H groups in total. The fourth-order valence-corrected chi connectivity index (χ4v) is 1.94. The first-order chi connectivity index (χ1) is 8.79. The Morgan fingerprint density at radius 3 is 3.00 bits per heavy atom. The Kier molecular flexibility index (Phi) is 4.46. The van der Waals surface area contributed by atoms with Crippen LogP contribution in [0.4, 0.5) is 0 Å². The van der Waals surface area contributed by atoms with E-state index in [1.54, 1.807) is 6.26 Å². The van der Waals surface area contributed by atoms with Crippen LogP contribution in [0.5, 0.6) is 0 Å². The lowest BCUT2D eigenvalue weighted by Crippen LogP contribution is -1.93. The van der Waals surface area contributed by atoms with Crippen molar-refractivity contribution < 1.29 is 9.15 Å². The second kappa shape index (κ2) is 6.29. The van der Waals surface area contributed by atoms with Crippen molar-refractivity contribution in [1.82, 2.24) is 0 Å². The van der Waals surface area contributed by atoms with E-state index in [-0.39, 0.29) is 0 Å². The van der Waals surface area contributed by atoms with E-state index in [1.165, 1.54) is 12.8 Å². The normalized spacial score (nSPS) is 10.7. The molecule has 0 aliphatic rings. The van der Waals surface area contributed by atoms with Crippen molar-refractivity contribution in [2.75, 3.05) is 0 Å². The molecule has 0 atom stereocenters. The van der Waals surface area contributed by atoms with Gasteiger partial charge in [-0.1, -0.05) is 32.4 Å². The van der Waals surface area contributed by atoms with Gasteiger partial charge in [-0.3, -0.25) is 0 Å². The smallest absolute Gasteiger partial charge is 0.133 e. The van der Waals surface area contributed by atoms with Crippen molar-refractivity contribution in [1.29, 1.82) is 0 Å². The predicted molar refractivity (Wildman–Crippen MR) is 74.3 cm³/mol. The van der Waals surface area contributed by atoms with Crippen LogP contribution in [0.3, 0.4) is 0 Å². The first-order valence-corrected chi connectivity index (χ1v) is 6.56. The molecule has 0 radical (unpaired) electrons. The van der Waals surface area contributed by atoms with Crippen LogP contribution in [0, 0.1) is 0 Å². The van der Waals surface area contributed by atoms with Gasteiger partial charge in [0.1, 0.15) is 12.2 Å². The Hall–Kier alpha value is -1.70. The molecule has 2 nitrogen and oxygen atoms in total. The monoisotopic (exact) mass is 244 g/mol. The van der Waals surface area contributed by atoms with Gasteiger partial charge in [0.05, 0.1) is 12.0 Å². The molecule has 2 heteroatoms. The zero-order valence-electron chi connectivity index (χ0n) is 10.9. The summed E-state index contributed by atoms with van der Waals surface area (Å²) < 4.78 is 11.0. The number of benzene rings is 1. The molecule has 0 bridgehead atoms. The highest BCUT2D eigenvalue weighted by Crippen LogP contribution is 2.18. The van der Waals surface area contributed by atoms with E-state index < -0.39 is 0 Å². The molecule has 0 unspecified atom stereocenters. The summed E-state index contributed by atoms with van der Waals surface area (Å²) in [6, 6.07) is 8.08. The van der Waals surface area contributed by atoms with Crippen LogP contribution in [-0.4, -0.2) is 0 Å². The minimum atomic E-state index is 0.589. The molecule has 2 aromatic rings. The fourth-order valence-electron chi connectivity index (χ4n) is 1.94. The van der Waals surface area contributed by atoms with Gasteiger partial charge in [0.25, 0.3) is 0 Å². The predicted octanol–water partition coefficient (Wildman–Crippen LogP) is 5.04. The summed E-state index contributed by atoms with van der Waals surface area (Å²) in [5.41, 5.74) is 2.07. The Balaban J connectivity index is 1.83. The summed E-state index contributed by atoms with van der Waals surface area (Å²) >= 11 is 0. The molecule has 1 aromatic heterocycles. The van der Waals surface area contributed by atoms with Crippen LogP contribution in [0.2, 0.25) is 0 Å². The standard InChI is InChI=1S/C16H20O2/c1-3-4-5-6-13(2)18-12-14-7-8-16-15(11-14)9-10-17-16/h7-11H,2-6,12H2,1H3. The van der Waals surface area contributed by atoms with Crippen molar-refractivity contribution in [2.45, 2.75) is 39.2 Å². The molecule has 1 heterocycles. The molecule has 2 rings (SSSR count). The Morgan fingerprint density at radius 1 is 1.28 bits per heavy atom. The minimum absolute atomic E-state index is 0.589. The quantitative estimate of drug-likeness (QED) is 0.502. The van der Waals surface area contributed by atoms with Gasteiger partial charge < -0.3 is 9.15 Å². The Labute approximate surface area is 108 Å². The molecule has 96 valence electrons. The van der Waals surface area contributed by atoms with Gasteiger partial charge in [0, 0.05) is 11.8 Å². The van der Waals surface area contributed by atoms with Gasteiger partial charge in [0.2, 0.25) is 0 Å². The topological polar surface area (TPSA) is 22.4 Å². The first-order valence-electron chi connectivity index (χ1n) is 6.56. The summed E-state index contributed by atoms with van der Waals surface area (Å²) in [5, 5.41) is 1.12. The van der Waals surface area contributed by atoms with Crippen LogP contribution >= 0.6 is 0 Å². The SMILES string of the molecule is C=C(CCCCC)OCc1ccc2occc2c1. The van der Waals surface area contributed by atoms with Crippen LogP contribution in [0.25, 0.3) is 11.0 Å². The van der Waals surface area contributed by atoms with Crippen LogP contribution < -0.4 is 0 Å².